The summed E-state index contributed by atoms with van der Waals surface area (Å²) < 4.78 is 5.47. The molecule has 1 atom stereocenters. The van der Waals surface area contributed by atoms with Gasteiger partial charge in [0.05, 0.1) is 13.2 Å². The second kappa shape index (κ2) is 12.7. The second-order valence-corrected chi connectivity index (χ2v) is 8.87. The molecule has 1 N–H and O–H groups in total. The fraction of sp³-hybridized carbons (Fsp3) is 0.667. The Kier molecular flexibility index (Phi) is 10.1. The fourth-order valence-corrected chi connectivity index (χ4v) is 4.83. The summed E-state index contributed by atoms with van der Waals surface area (Å²) in [5.41, 5.74) is 2.56. The number of carbonyl (C=O) groups is 1. The van der Waals surface area contributed by atoms with Gasteiger partial charge in [0.15, 0.2) is 5.96 Å². The number of likely N-dealkylation sites (tertiary alicyclic amines) is 1. The maximum absolute atomic E-state index is 12.6. The zero-order chi connectivity index (χ0) is 21.5. The third-order valence-electron chi connectivity index (χ3n) is 6.54. The normalized spacial score (nSPS) is 21.4. The van der Waals surface area contributed by atoms with Crippen molar-refractivity contribution >= 4 is 35.8 Å². The molecule has 1 aromatic carbocycles. The van der Waals surface area contributed by atoms with Crippen LogP contribution in [-0.4, -0.2) is 85.6 Å². The van der Waals surface area contributed by atoms with Gasteiger partial charge < -0.3 is 19.9 Å². The van der Waals surface area contributed by atoms with E-state index >= 15 is 0 Å². The molecule has 3 heterocycles. The Bertz CT molecular complexity index is 744. The Morgan fingerprint density at radius 1 is 1.12 bits per heavy atom. The molecule has 0 aliphatic carbocycles. The van der Waals surface area contributed by atoms with Crippen LogP contribution in [-0.2, 0) is 22.6 Å². The Hall–Kier alpha value is -1.39. The van der Waals surface area contributed by atoms with Crippen molar-refractivity contribution in [3.63, 3.8) is 0 Å². The number of nitrogens with one attached hydrogen (secondary N) is 1. The number of benzene rings is 1. The van der Waals surface area contributed by atoms with Crippen molar-refractivity contribution in [2.24, 2.45) is 10.9 Å². The number of amides is 1. The van der Waals surface area contributed by atoms with Crippen molar-refractivity contribution in [2.75, 3.05) is 59.0 Å². The van der Waals surface area contributed by atoms with Gasteiger partial charge >= 0.3 is 0 Å². The highest BCUT2D eigenvalue weighted by atomic mass is 127. The first-order chi connectivity index (χ1) is 15.2. The predicted molar refractivity (Wildman–Crippen MR) is 138 cm³/mol. The lowest BCUT2D eigenvalue weighted by Crippen LogP contribution is -2.42. The maximum atomic E-state index is 12.6. The first-order valence-corrected chi connectivity index (χ1v) is 11.9. The number of ether oxygens (including phenoxy) is 1. The number of halogens is 1. The van der Waals surface area contributed by atoms with Gasteiger partial charge in [-0.05, 0) is 36.8 Å². The summed E-state index contributed by atoms with van der Waals surface area (Å²) in [6.07, 6.45) is 2.58. The van der Waals surface area contributed by atoms with Gasteiger partial charge in [-0.15, -0.1) is 24.0 Å². The summed E-state index contributed by atoms with van der Waals surface area (Å²) >= 11 is 0. The standard InChI is InChI=1S/C24H37N5O2.HI/c1-2-25-24(28-11-9-20(17-28)16-27-12-14-31-15-13-27)26-10-5-8-23(30)29-18-21-6-3-4-7-22(21)19-29;/h3-4,6-7,20H,2,5,8-19H2,1H3,(H,25,26);1H. The van der Waals surface area contributed by atoms with Crippen LogP contribution in [0, 0.1) is 5.92 Å². The van der Waals surface area contributed by atoms with Crippen LogP contribution in [0.4, 0.5) is 0 Å². The number of rotatable bonds is 7. The van der Waals surface area contributed by atoms with Crippen LogP contribution in [0.5, 0.6) is 0 Å². The van der Waals surface area contributed by atoms with Gasteiger partial charge in [0, 0.05) is 65.3 Å². The van der Waals surface area contributed by atoms with E-state index in [1.165, 1.54) is 17.5 Å². The minimum atomic E-state index is 0. The molecule has 0 saturated carbocycles. The number of hydrogen-bond donors (Lipinski definition) is 1. The summed E-state index contributed by atoms with van der Waals surface area (Å²) in [7, 11) is 0. The summed E-state index contributed by atoms with van der Waals surface area (Å²) in [6.45, 7) is 12.3. The molecule has 3 aliphatic rings. The van der Waals surface area contributed by atoms with E-state index in [-0.39, 0.29) is 29.9 Å². The molecule has 0 bridgehead atoms. The molecule has 8 heteroatoms. The van der Waals surface area contributed by atoms with Gasteiger partial charge in [0.1, 0.15) is 0 Å². The summed E-state index contributed by atoms with van der Waals surface area (Å²) in [6, 6.07) is 8.34. The third kappa shape index (κ3) is 6.81. The lowest BCUT2D eigenvalue weighted by Gasteiger charge is -2.29. The lowest BCUT2D eigenvalue weighted by atomic mass is 10.1. The van der Waals surface area contributed by atoms with Crippen molar-refractivity contribution in [1.82, 2.24) is 20.0 Å². The van der Waals surface area contributed by atoms with Crippen LogP contribution in [0.25, 0.3) is 0 Å². The number of morpholine rings is 1. The Morgan fingerprint density at radius 2 is 1.84 bits per heavy atom. The number of nitrogens with zero attached hydrogens (tertiary/aromatic N) is 4. The molecule has 1 amide bonds. The summed E-state index contributed by atoms with van der Waals surface area (Å²) in [5, 5.41) is 3.45. The molecule has 2 saturated heterocycles. The molecule has 4 rings (SSSR count). The second-order valence-electron chi connectivity index (χ2n) is 8.87. The van der Waals surface area contributed by atoms with Gasteiger partial charge in [0.2, 0.25) is 5.91 Å². The molecule has 2 fully saturated rings. The first-order valence-electron chi connectivity index (χ1n) is 11.9. The number of aliphatic imine (C=N–C) groups is 1. The number of hydrogen-bond acceptors (Lipinski definition) is 4. The quantitative estimate of drug-likeness (QED) is 0.243. The molecule has 1 aromatic rings. The SMILES string of the molecule is CCNC(=NCCCC(=O)N1Cc2ccccc2C1)N1CCC(CN2CCOCC2)C1.I. The number of carbonyl (C=O) groups excluding carboxylic acids is 1. The zero-order valence-corrected chi connectivity index (χ0v) is 21.6. The molecular weight excluding hydrogens is 517 g/mol. The van der Waals surface area contributed by atoms with Gasteiger partial charge in [-0.25, -0.2) is 0 Å². The van der Waals surface area contributed by atoms with Gasteiger partial charge in [-0.2, -0.15) is 0 Å². The Labute approximate surface area is 209 Å². The van der Waals surface area contributed by atoms with Crippen LogP contribution in [0.15, 0.2) is 29.3 Å². The molecule has 0 radical (unpaired) electrons. The van der Waals surface area contributed by atoms with E-state index < -0.39 is 0 Å². The van der Waals surface area contributed by atoms with E-state index in [0.29, 0.717) is 18.9 Å². The van der Waals surface area contributed by atoms with Gasteiger partial charge in [0.25, 0.3) is 0 Å². The highest BCUT2D eigenvalue weighted by Crippen LogP contribution is 2.23. The molecule has 178 valence electrons. The number of guanidine groups is 1. The molecule has 0 spiro atoms. The van der Waals surface area contributed by atoms with Crippen LogP contribution in [0.3, 0.4) is 0 Å². The van der Waals surface area contributed by atoms with E-state index in [1.54, 1.807) is 0 Å². The van der Waals surface area contributed by atoms with Crippen LogP contribution >= 0.6 is 24.0 Å². The van der Waals surface area contributed by atoms with Crippen molar-refractivity contribution < 1.29 is 9.53 Å². The molecular formula is C24H38IN5O2. The third-order valence-corrected chi connectivity index (χ3v) is 6.54. The molecule has 0 aromatic heterocycles. The van der Waals surface area contributed by atoms with Crippen LogP contribution in [0.1, 0.15) is 37.3 Å². The van der Waals surface area contributed by atoms with Crippen molar-refractivity contribution in [1.29, 1.82) is 0 Å². The monoisotopic (exact) mass is 555 g/mol. The first kappa shape index (κ1) is 25.2. The topological polar surface area (TPSA) is 60.4 Å². The number of fused-ring (bicyclic) bond motifs is 1. The molecule has 3 aliphatic heterocycles. The average molecular weight is 556 g/mol. The molecule has 32 heavy (non-hydrogen) atoms. The summed E-state index contributed by atoms with van der Waals surface area (Å²) in [4.78, 5) is 24.3. The van der Waals surface area contributed by atoms with E-state index in [9.17, 15) is 4.79 Å². The molecule has 7 nitrogen and oxygen atoms in total. The largest absolute Gasteiger partial charge is 0.379 e. The van der Waals surface area contributed by atoms with Crippen molar-refractivity contribution in [3.8, 4) is 0 Å². The molecule has 1 unspecified atom stereocenters. The van der Waals surface area contributed by atoms with Crippen LogP contribution in [0.2, 0.25) is 0 Å². The predicted octanol–water partition coefficient (Wildman–Crippen LogP) is 2.55. The Balaban J connectivity index is 0.00000289. The van der Waals surface area contributed by atoms with Crippen LogP contribution < -0.4 is 5.32 Å². The minimum Gasteiger partial charge on any atom is -0.379 e. The summed E-state index contributed by atoms with van der Waals surface area (Å²) in [5.74, 6) is 1.94. The van der Waals surface area contributed by atoms with Gasteiger partial charge in [-0.1, -0.05) is 24.3 Å². The lowest BCUT2D eigenvalue weighted by molar-refractivity contribution is -0.131. The van der Waals surface area contributed by atoms with E-state index in [0.717, 1.165) is 78.0 Å². The minimum absolute atomic E-state index is 0. The fourth-order valence-electron chi connectivity index (χ4n) is 4.83. The Morgan fingerprint density at radius 3 is 2.53 bits per heavy atom. The van der Waals surface area contributed by atoms with Crippen molar-refractivity contribution in [3.05, 3.63) is 35.4 Å². The average Bonchev–Trinajstić information content (AvgIpc) is 3.43. The smallest absolute Gasteiger partial charge is 0.223 e. The van der Waals surface area contributed by atoms with E-state index in [2.05, 4.69) is 34.2 Å². The van der Waals surface area contributed by atoms with E-state index in [1.807, 2.05) is 17.0 Å². The van der Waals surface area contributed by atoms with Crippen molar-refractivity contribution in [2.45, 2.75) is 39.3 Å². The van der Waals surface area contributed by atoms with Gasteiger partial charge in [-0.3, -0.25) is 14.7 Å². The highest BCUT2D eigenvalue weighted by Gasteiger charge is 2.27. The zero-order valence-electron chi connectivity index (χ0n) is 19.3. The maximum Gasteiger partial charge on any atom is 0.223 e. The van der Waals surface area contributed by atoms with E-state index in [4.69, 9.17) is 9.73 Å². The highest BCUT2D eigenvalue weighted by molar-refractivity contribution is 14.0.